The lowest BCUT2D eigenvalue weighted by Crippen LogP contribution is -2.07. The maximum Gasteiger partial charge on any atom is 0.154 e. The molecule has 0 saturated carbocycles. The fourth-order valence-electron chi connectivity index (χ4n) is 1.39. The van der Waals surface area contributed by atoms with Gasteiger partial charge in [0.15, 0.2) is 5.17 Å². The average molecular weight is 352 g/mol. The van der Waals surface area contributed by atoms with Crippen LogP contribution in [0.2, 0.25) is 10.0 Å². The highest BCUT2D eigenvalue weighted by atomic mass is 35.5. The van der Waals surface area contributed by atoms with Crippen LogP contribution in [0.1, 0.15) is 11.3 Å². The third kappa shape index (κ3) is 5.29. The van der Waals surface area contributed by atoms with E-state index < -0.39 is 0 Å². The number of aliphatic imine (C=N–C) groups is 1. The van der Waals surface area contributed by atoms with Crippen molar-refractivity contribution in [1.82, 2.24) is 0 Å². The number of hydrogen-bond acceptors (Lipinski definition) is 3. The zero-order valence-electron chi connectivity index (χ0n) is 10.4. The van der Waals surface area contributed by atoms with Crippen molar-refractivity contribution in [2.75, 3.05) is 0 Å². The fourth-order valence-corrected chi connectivity index (χ4v) is 2.36. The van der Waals surface area contributed by atoms with Crippen molar-refractivity contribution in [1.29, 1.82) is 0 Å². The van der Waals surface area contributed by atoms with Crippen LogP contribution in [0.15, 0.2) is 46.0 Å². The number of halogens is 3. The SMILES string of the molecule is Cl.NC(=NCc1ccco1)SCc1ccc(Cl)c(Cl)c1. The van der Waals surface area contributed by atoms with Crippen LogP contribution in [0.3, 0.4) is 0 Å². The molecule has 20 heavy (non-hydrogen) atoms. The molecular weight excluding hydrogens is 339 g/mol. The van der Waals surface area contributed by atoms with Crippen molar-refractivity contribution in [3.8, 4) is 0 Å². The Morgan fingerprint density at radius 2 is 2.05 bits per heavy atom. The summed E-state index contributed by atoms with van der Waals surface area (Å²) in [6.07, 6.45) is 1.61. The van der Waals surface area contributed by atoms with Gasteiger partial charge in [0, 0.05) is 5.75 Å². The van der Waals surface area contributed by atoms with Gasteiger partial charge >= 0.3 is 0 Å². The van der Waals surface area contributed by atoms with Crippen LogP contribution in [0.4, 0.5) is 0 Å². The average Bonchev–Trinajstić information content (AvgIpc) is 2.91. The summed E-state index contributed by atoms with van der Waals surface area (Å²) in [6, 6.07) is 9.21. The lowest BCUT2D eigenvalue weighted by Gasteiger charge is -2.03. The second-order valence-corrected chi connectivity index (χ2v) is 5.58. The van der Waals surface area contributed by atoms with E-state index in [1.807, 2.05) is 24.3 Å². The van der Waals surface area contributed by atoms with Gasteiger partial charge in [0.05, 0.1) is 22.9 Å². The molecule has 0 fully saturated rings. The van der Waals surface area contributed by atoms with E-state index in [1.165, 1.54) is 11.8 Å². The molecule has 0 aliphatic heterocycles. The molecule has 1 aromatic heterocycles. The lowest BCUT2D eigenvalue weighted by atomic mass is 10.2. The minimum absolute atomic E-state index is 0. The summed E-state index contributed by atoms with van der Waals surface area (Å²) in [5.41, 5.74) is 6.87. The first kappa shape index (κ1) is 17.2. The third-order valence-corrected chi connectivity index (χ3v) is 3.98. The Morgan fingerprint density at radius 1 is 1.25 bits per heavy atom. The summed E-state index contributed by atoms with van der Waals surface area (Å²) in [5, 5.41) is 1.61. The number of rotatable bonds is 4. The molecule has 0 spiro atoms. The highest BCUT2D eigenvalue weighted by Gasteiger charge is 2.02. The van der Waals surface area contributed by atoms with Gasteiger partial charge < -0.3 is 10.2 Å². The first-order chi connectivity index (χ1) is 9.15. The molecule has 2 aromatic rings. The summed E-state index contributed by atoms with van der Waals surface area (Å²) in [4.78, 5) is 4.23. The summed E-state index contributed by atoms with van der Waals surface area (Å²) >= 11 is 13.2. The molecule has 7 heteroatoms. The van der Waals surface area contributed by atoms with Crippen LogP contribution in [0, 0.1) is 0 Å². The third-order valence-electron chi connectivity index (χ3n) is 2.34. The van der Waals surface area contributed by atoms with Gasteiger partial charge in [-0.25, -0.2) is 0 Å². The Hall–Kier alpha value is -0.810. The van der Waals surface area contributed by atoms with Crippen molar-refractivity contribution in [3.05, 3.63) is 58.0 Å². The summed E-state index contributed by atoms with van der Waals surface area (Å²) in [5.74, 6) is 1.49. The highest BCUT2D eigenvalue weighted by Crippen LogP contribution is 2.24. The highest BCUT2D eigenvalue weighted by molar-refractivity contribution is 8.13. The Balaban J connectivity index is 0.00000200. The summed E-state index contributed by atoms with van der Waals surface area (Å²) in [7, 11) is 0. The van der Waals surface area contributed by atoms with Gasteiger partial charge in [0.1, 0.15) is 5.76 Å². The maximum absolute atomic E-state index is 5.94. The largest absolute Gasteiger partial charge is 0.467 e. The molecule has 0 unspecified atom stereocenters. The van der Waals surface area contributed by atoms with Crippen molar-refractivity contribution in [2.45, 2.75) is 12.3 Å². The second-order valence-electron chi connectivity index (χ2n) is 3.77. The first-order valence-corrected chi connectivity index (χ1v) is 7.28. The van der Waals surface area contributed by atoms with Gasteiger partial charge in [0.25, 0.3) is 0 Å². The van der Waals surface area contributed by atoms with Gasteiger partial charge in [0.2, 0.25) is 0 Å². The zero-order valence-corrected chi connectivity index (χ0v) is 13.5. The number of amidine groups is 1. The molecule has 0 amide bonds. The first-order valence-electron chi connectivity index (χ1n) is 5.54. The minimum atomic E-state index is 0. The predicted molar refractivity (Wildman–Crippen MR) is 89.0 cm³/mol. The Kier molecular flexibility index (Phi) is 7.30. The molecule has 0 bridgehead atoms. The quantitative estimate of drug-likeness (QED) is 0.638. The second kappa shape index (κ2) is 8.47. The Labute approximate surface area is 137 Å². The molecule has 3 nitrogen and oxygen atoms in total. The number of nitrogens with zero attached hydrogens (tertiary/aromatic N) is 1. The molecule has 0 aliphatic carbocycles. The monoisotopic (exact) mass is 350 g/mol. The van der Waals surface area contributed by atoms with Crippen molar-refractivity contribution >= 4 is 52.5 Å². The van der Waals surface area contributed by atoms with Crippen molar-refractivity contribution in [2.24, 2.45) is 10.7 Å². The Morgan fingerprint density at radius 3 is 2.70 bits per heavy atom. The minimum Gasteiger partial charge on any atom is -0.467 e. The number of nitrogens with two attached hydrogens (primary N) is 1. The molecule has 0 saturated heterocycles. The van der Waals surface area contributed by atoms with Crippen LogP contribution in [-0.2, 0) is 12.3 Å². The summed E-state index contributed by atoms with van der Waals surface area (Å²) < 4.78 is 5.17. The zero-order chi connectivity index (χ0) is 13.7. The van der Waals surface area contributed by atoms with Crippen LogP contribution in [-0.4, -0.2) is 5.17 Å². The molecule has 2 rings (SSSR count). The molecule has 0 radical (unpaired) electrons. The van der Waals surface area contributed by atoms with Crippen LogP contribution in [0.5, 0.6) is 0 Å². The van der Waals surface area contributed by atoms with E-state index in [0.29, 0.717) is 27.5 Å². The normalized spacial score (nSPS) is 11.2. The van der Waals surface area contributed by atoms with E-state index in [4.69, 9.17) is 33.4 Å². The molecule has 2 N–H and O–H groups in total. The van der Waals surface area contributed by atoms with Crippen LogP contribution < -0.4 is 5.73 Å². The van der Waals surface area contributed by atoms with Gasteiger partial charge in [-0.15, -0.1) is 12.4 Å². The Bertz CT molecular complexity index is 573. The molecule has 0 atom stereocenters. The molecule has 108 valence electrons. The topological polar surface area (TPSA) is 51.5 Å². The van der Waals surface area contributed by atoms with E-state index in [0.717, 1.165) is 11.3 Å². The predicted octanol–water partition coefficient (Wildman–Crippen LogP) is 4.76. The van der Waals surface area contributed by atoms with Crippen molar-refractivity contribution < 1.29 is 4.42 Å². The standard InChI is InChI=1S/C13H12Cl2N2OS.ClH/c14-11-4-3-9(6-12(11)15)8-19-13(16)17-7-10-2-1-5-18-10;/h1-6H,7-8H2,(H2,16,17);1H. The van der Waals surface area contributed by atoms with E-state index in [-0.39, 0.29) is 12.4 Å². The van der Waals surface area contributed by atoms with E-state index in [9.17, 15) is 0 Å². The van der Waals surface area contributed by atoms with E-state index >= 15 is 0 Å². The van der Waals surface area contributed by atoms with Gasteiger partial charge in [-0.3, -0.25) is 4.99 Å². The van der Waals surface area contributed by atoms with E-state index in [1.54, 1.807) is 12.3 Å². The maximum atomic E-state index is 5.94. The van der Waals surface area contributed by atoms with Gasteiger partial charge in [-0.1, -0.05) is 41.0 Å². The van der Waals surface area contributed by atoms with Crippen molar-refractivity contribution in [3.63, 3.8) is 0 Å². The number of hydrogen-bond donors (Lipinski definition) is 1. The molecule has 0 aliphatic rings. The lowest BCUT2D eigenvalue weighted by molar-refractivity contribution is 0.513. The smallest absolute Gasteiger partial charge is 0.154 e. The van der Waals surface area contributed by atoms with Crippen LogP contribution in [0.25, 0.3) is 0 Å². The number of thioether (sulfide) groups is 1. The van der Waals surface area contributed by atoms with Gasteiger partial charge in [-0.2, -0.15) is 0 Å². The number of furan rings is 1. The fraction of sp³-hybridized carbons (Fsp3) is 0.154. The molecular formula is C13H13Cl3N2OS. The number of benzene rings is 1. The van der Waals surface area contributed by atoms with Crippen LogP contribution >= 0.6 is 47.4 Å². The summed E-state index contributed by atoms with van der Waals surface area (Å²) in [6.45, 7) is 0.452. The van der Waals surface area contributed by atoms with Gasteiger partial charge in [-0.05, 0) is 29.8 Å². The van der Waals surface area contributed by atoms with E-state index in [2.05, 4.69) is 4.99 Å². The molecule has 1 heterocycles. The molecule has 1 aromatic carbocycles.